The van der Waals surface area contributed by atoms with Gasteiger partial charge in [-0.1, -0.05) is 47.5 Å². The van der Waals surface area contributed by atoms with Crippen molar-refractivity contribution in [2.75, 3.05) is 7.05 Å². The fraction of sp³-hybridized carbons (Fsp3) is 0.263. The maximum absolute atomic E-state index is 12.6. The molecule has 0 bridgehead atoms. The van der Waals surface area contributed by atoms with Crippen LogP contribution < -0.4 is 0 Å². The van der Waals surface area contributed by atoms with E-state index in [-0.39, 0.29) is 5.91 Å². The van der Waals surface area contributed by atoms with Gasteiger partial charge in [-0.2, -0.15) is 0 Å². The van der Waals surface area contributed by atoms with Gasteiger partial charge in [-0.25, -0.2) is 0 Å². The van der Waals surface area contributed by atoms with Crippen molar-refractivity contribution in [3.05, 3.63) is 70.8 Å². The predicted octanol–water partition coefficient (Wildman–Crippen LogP) is 3.19. The second-order valence-electron chi connectivity index (χ2n) is 5.69. The van der Waals surface area contributed by atoms with E-state index in [1.54, 1.807) is 7.05 Å². The van der Waals surface area contributed by atoms with Gasteiger partial charge in [-0.15, -0.1) is 0 Å². The molecule has 1 atom stereocenters. The Morgan fingerprint density at radius 2 is 1.68 bits per heavy atom. The average Bonchev–Trinajstić information content (AvgIpc) is 2.51. The van der Waals surface area contributed by atoms with Crippen molar-refractivity contribution in [3.63, 3.8) is 0 Å². The van der Waals surface area contributed by atoms with E-state index in [4.69, 9.17) is 0 Å². The number of carbonyl (C=O) groups excluding carboxylic acids is 2. The number of aryl methyl sites for hydroxylation is 2. The third-order valence-corrected chi connectivity index (χ3v) is 3.73. The molecule has 3 nitrogen and oxygen atoms in total. The fourth-order valence-corrected chi connectivity index (χ4v) is 2.58. The lowest BCUT2D eigenvalue weighted by molar-refractivity contribution is -0.111. The van der Waals surface area contributed by atoms with E-state index < -0.39 is 6.04 Å². The van der Waals surface area contributed by atoms with Gasteiger partial charge in [-0.05, 0) is 38.0 Å². The van der Waals surface area contributed by atoms with Gasteiger partial charge in [0.05, 0.1) is 6.04 Å². The SMILES string of the molecule is Cc1cc(C)cc(C(=O)N(C)[C@@H](C=O)Cc2ccccc2)c1. The maximum Gasteiger partial charge on any atom is 0.254 e. The largest absolute Gasteiger partial charge is 0.332 e. The quantitative estimate of drug-likeness (QED) is 0.794. The topological polar surface area (TPSA) is 37.4 Å². The zero-order valence-corrected chi connectivity index (χ0v) is 13.2. The minimum Gasteiger partial charge on any atom is -0.332 e. The van der Waals surface area contributed by atoms with Crippen LogP contribution in [0.3, 0.4) is 0 Å². The van der Waals surface area contributed by atoms with Crippen LogP contribution in [0.5, 0.6) is 0 Å². The summed E-state index contributed by atoms with van der Waals surface area (Å²) in [5, 5.41) is 0. The van der Waals surface area contributed by atoms with Crippen molar-refractivity contribution in [3.8, 4) is 0 Å². The molecule has 22 heavy (non-hydrogen) atoms. The molecule has 0 aliphatic heterocycles. The van der Waals surface area contributed by atoms with E-state index >= 15 is 0 Å². The fourth-order valence-electron chi connectivity index (χ4n) is 2.58. The van der Waals surface area contributed by atoms with Crippen LogP contribution in [0.4, 0.5) is 0 Å². The van der Waals surface area contributed by atoms with Crippen LogP contribution in [0.15, 0.2) is 48.5 Å². The number of aldehydes is 1. The molecule has 1 amide bonds. The Labute approximate surface area is 131 Å². The normalized spacial score (nSPS) is 11.8. The predicted molar refractivity (Wildman–Crippen MR) is 88.0 cm³/mol. The van der Waals surface area contributed by atoms with E-state index in [1.807, 2.05) is 62.4 Å². The standard InChI is InChI=1S/C19H21NO2/c1-14-9-15(2)11-17(10-14)19(22)20(3)18(13-21)12-16-7-5-4-6-8-16/h4-11,13,18H,12H2,1-3H3/t18-/m1/s1. The number of hydrogen-bond acceptors (Lipinski definition) is 2. The Morgan fingerprint density at radius 3 is 2.23 bits per heavy atom. The van der Waals surface area contributed by atoms with Gasteiger partial charge < -0.3 is 9.69 Å². The lowest BCUT2D eigenvalue weighted by atomic mass is 10.0. The van der Waals surface area contributed by atoms with Gasteiger partial charge in [0, 0.05) is 12.6 Å². The first kappa shape index (κ1) is 16.0. The highest BCUT2D eigenvalue weighted by Gasteiger charge is 2.21. The molecule has 0 radical (unpaired) electrons. The maximum atomic E-state index is 12.6. The summed E-state index contributed by atoms with van der Waals surface area (Å²) in [6.07, 6.45) is 1.37. The highest BCUT2D eigenvalue weighted by atomic mass is 16.2. The summed E-state index contributed by atoms with van der Waals surface area (Å²) in [5.41, 5.74) is 3.75. The molecule has 2 aromatic rings. The summed E-state index contributed by atoms with van der Waals surface area (Å²) in [5.74, 6) is -0.125. The van der Waals surface area contributed by atoms with Gasteiger partial charge in [-0.3, -0.25) is 4.79 Å². The van der Waals surface area contributed by atoms with Crippen LogP contribution in [-0.4, -0.2) is 30.2 Å². The van der Waals surface area contributed by atoms with E-state index in [9.17, 15) is 9.59 Å². The molecule has 0 spiro atoms. The van der Waals surface area contributed by atoms with Gasteiger partial charge >= 0.3 is 0 Å². The Kier molecular flexibility index (Phi) is 5.10. The van der Waals surface area contributed by atoms with Crippen molar-refractivity contribution in [1.29, 1.82) is 0 Å². The molecule has 0 aliphatic carbocycles. The van der Waals surface area contributed by atoms with Crippen molar-refractivity contribution in [2.24, 2.45) is 0 Å². The third kappa shape index (κ3) is 3.82. The molecular formula is C19H21NO2. The average molecular weight is 295 g/mol. The minimum absolute atomic E-state index is 0.125. The van der Waals surface area contributed by atoms with Gasteiger partial charge in [0.15, 0.2) is 0 Å². The molecule has 0 N–H and O–H groups in total. The molecule has 0 saturated carbocycles. The molecule has 0 fully saturated rings. The Balaban J connectivity index is 2.18. The molecule has 3 heteroatoms. The van der Waals surface area contributed by atoms with Crippen molar-refractivity contribution in [2.45, 2.75) is 26.3 Å². The van der Waals surface area contributed by atoms with E-state index in [2.05, 4.69) is 0 Å². The summed E-state index contributed by atoms with van der Waals surface area (Å²) < 4.78 is 0. The van der Waals surface area contributed by atoms with E-state index in [0.29, 0.717) is 12.0 Å². The highest BCUT2D eigenvalue weighted by Crippen LogP contribution is 2.14. The number of likely N-dealkylation sites (N-methyl/N-ethyl adjacent to an activating group) is 1. The van der Waals surface area contributed by atoms with Crippen molar-refractivity contribution < 1.29 is 9.59 Å². The molecular weight excluding hydrogens is 274 g/mol. The van der Waals surface area contributed by atoms with Crippen LogP contribution >= 0.6 is 0 Å². The third-order valence-electron chi connectivity index (χ3n) is 3.73. The Bertz CT molecular complexity index is 644. The summed E-state index contributed by atoms with van der Waals surface area (Å²) in [7, 11) is 1.68. The Hall–Kier alpha value is -2.42. The summed E-state index contributed by atoms with van der Waals surface area (Å²) in [6, 6.07) is 15.0. The van der Waals surface area contributed by atoms with Gasteiger partial charge in [0.1, 0.15) is 6.29 Å². The first-order chi connectivity index (χ1) is 10.5. The number of carbonyl (C=O) groups is 2. The second-order valence-corrected chi connectivity index (χ2v) is 5.69. The number of nitrogens with zero attached hydrogens (tertiary/aromatic N) is 1. The lowest BCUT2D eigenvalue weighted by Crippen LogP contribution is -2.39. The highest BCUT2D eigenvalue weighted by molar-refractivity contribution is 5.95. The number of rotatable bonds is 5. The van der Waals surface area contributed by atoms with Crippen molar-refractivity contribution >= 4 is 12.2 Å². The van der Waals surface area contributed by atoms with E-state index in [0.717, 1.165) is 23.0 Å². The molecule has 0 heterocycles. The van der Waals surface area contributed by atoms with Gasteiger partial charge in [0.25, 0.3) is 5.91 Å². The van der Waals surface area contributed by atoms with E-state index in [1.165, 1.54) is 4.90 Å². The minimum atomic E-state index is -0.462. The smallest absolute Gasteiger partial charge is 0.254 e. The van der Waals surface area contributed by atoms with Crippen LogP contribution in [-0.2, 0) is 11.2 Å². The zero-order chi connectivity index (χ0) is 16.1. The molecule has 2 rings (SSSR count). The molecule has 0 aliphatic rings. The molecule has 0 saturated heterocycles. The Morgan fingerprint density at radius 1 is 1.09 bits per heavy atom. The van der Waals surface area contributed by atoms with Crippen LogP contribution in [0.1, 0.15) is 27.0 Å². The first-order valence-corrected chi connectivity index (χ1v) is 7.36. The van der Waals surface area contributed by atoms with Crippen LogP contribution in [0.25, 0.3) is 0 Å². The summed E-state index contributed by atoms with van der Waals surface area (Å²) >= 11 is 0. The molecule has 2 aromatic carbocycles. The number of hydrogen-bond donors (Lipinski definition) is 0. The molecule has 0 aromatic heterocycles. The zero-order valence-electron chi connectivity index (χ0n) is 13.2. The summed E-state index contributed by atoms with van der Waals surface area (Å²) in [4.78, 5) is 25.6. The van der Waals surface area contributed by atoms with Gasteiger partial charge in [0.2, 0.25) is 0 Å². The number of benzene rings is 2. The van der Waals surface area contributed by atoms with Crippen LogP contribution in [0, 0.1) is 13.8 Å². The lowest BCUT2D eigenvalue weighted by Gasteiger charge is -2.24. The monoisotopic (exact) mass is 295 g/mol. The van der Waals surface area contributed by atoms with Crippen molar-refractivity contribution in [1.82, 2.24) is 4.90 Å². The second kappa shape index (κ2) is 7.03. The van der Waals surface area contributed by atoms with Crippen LogP contribution in [0.2, 0.25) is 0 Å². The first-order valence-electron chi connectivity index (χ1n) is 7.36. The summed E-state index contributed by atoms with van der Waals surface area (Å²) in [6.45, 7) is 3.93. The molecule has 0 unspecified atom stereocenters. The number of amides is 1. The molecule has 114 valence electrons.